The molecular weight excluding hydrogens is 364 g/mol. The molecule has 0 saturated carbocycles. The lowest BCUT2D eigenvalue weighted by Gasteiger charge is -2.07. The maximum atomic E-state index is 11.1. The van der Waals surface area contributed by atoms with Crippen LogP contribution in [-0.2, 0) is 38.3 Å². The molecule has 0 bridgehead atoms. The van der Waals surface area contributed by atoms with Crippen LogP contribution < -0.4 is 0 Å². The molecule has 4 nitrogen and oxygen atoms in total. The van der Waals surface area contributed by atoms with Crippen LogP contribution >= 0.6 is 0 Å². The molecule has 4 heteroatoms. The summed E-state index contributed by atoms with van der Waals surface area (Å²) in [6.07, 6.45) is 7.61. The van der Waals surface area contributed by atoms with Crippen LogP contribution in [0.1, 0.15) is 60.8 Å². The average Bonchev–Trinajstić information content (AvgIpc) is 2.76. The molecule has 0 aliphatic rings. The van der Waals surface area contributed by atoms with E-state index in [1.54, 1.807) is 0 Å². The van der Waals surface area contributed by atoms with Gasteiger partial charge in [-0.1, -0.05) is 48.5 Å². The normalized spacial score (nSPS) is 10.6. The van der Waals surface area contributed by atoms with Crippen molar-refractivity contribution in [1.82, 2.24) is 0 Å². The predicted octanol–water partition coefficient (Wildman–Crippen LogP) is 5.05. The Bertz CT molecular complexity index is 682. The van der Waals surface area contributed by atoms with Gasteiger partial charge in [0, 0.05) is 12.8 Å². The summed E-state index contributed by atoms with van der Waals surface area (Å²) in [6, 6.07) is 17.5. The molecule has 2 rings (SSSR count). The van der Waals surface area contributed by atoms with Crippen molar-refractivity contribution in [2.24, 2.45) is 0 Å². The number of methoxy groups -OCH3 is 2. The Morgan fingerprint density at radius 1 is 0.586 bits per heavy atom. The van der Waals surface area contributed by atoms with Crippen molar-refractivity contribution in [3.8, 4) is 0 Å². The van der Waals surface area contributed by atoms with Crippen LogP contribution in [0.3, 0.4) is 0 Å². The number of aryl methyl sites for hydroxylation is 2. The number of esters is 2. The summed E-state index contributed by atoms with van der Waals surface area (Å²) in [5.74, 6) is -0.264. The lowest BCUT2D eigenvalue weighted by molar-refractivity contribution is -0.141. The molecule has 0 saturated heterocycles. The fourth-order valence-corrected chi connectivity index (χ4v) is 3.28. The molecule has 0 aliphatic carbocycles. The summed E-state index contributed by atoms with van der Waals surface area (Å²) in [4.78, 5) is 22.2. The van der Waals surface area contributed by atoms with Gasteiger partial charge in [0.1, 0.15) is 0 Å². The first-order valence-corrected chi connectivity index (χ1v) is 10.4. The fourth-order valence-electron chi connectivity index (χ4n) is 3.28. The second kappa shape index (κ2) is 12.8. The van der Waals surface area contributed by atoms with Crippen LogP contribution in [0.15, 0.2) is 48.5 Å². The van der Waals surface area contributed by atoms with Gasteiger partial charge in [0.15, 0.2) is 0 Å². The van der Waals surface area contributed by atoms with E-state index in [4.69, 9.17) is 0 Å². The van der Waals surface area contributed by atoms with Crippen molar-refractivity contribution in [3.05, 3.63) is 70.8 Å². The molecule has 0 atom stereocenters. The Labute approximate surface area is 174 Å². The summed E-state index contributed by atoms with van der Waals surface area (Å²) < 4.78 is 9.33. The topological polar surface area (TPSA) is 52.6 Å². The van der Waals surface area contributed by atoms with Crippen molar-refractivity contribution in [2.75, 3.05) is 14.2 Å². The lowest BCUT2D eigenvalue weighted by Crippen LogP contribution is -2.00. The highest BCUT2D eigenvalue weighted by molar-refractivity contribution is 5.69. The van der Waals surface area contributed by atoms with Gasteiger partial charge < -0.3 is 9.47 Å². The molecule has 0 N–H and O–H groups in total. The molecule has 0 aliphatic heterocycles. The van der Waals surface area contributed by atoms with Crippen molar-refractivity contribution in [1.29, 1.82) is 0 Å². The maximum Gasteiger partial charge on any atom is 0.305 e. The Morgan fingerprint density at radius 3 is 1.28 bits per heavy atom. The zero-order valence-corrected chi connectivity index (χ0v) is 17.6. The van der Waals surface area contributed by atoms with E-state index in [0.29, 0.717) is 12.8 Å². The summed E-state index contributed by atoms with van der Waals surface area (Å²) in [6.45, 7) is 0. The fraction of sp³-hybridized carbons (Fsp3) is 0.440. The van der Waals surface area contributed by atoms with Crippen molar-refractivity contribution < 1.29 is 19.1 Å². The third kappa shape index (κ3) is 8.95. The summed E-state index contributed by atoms with van der Waals surface area (Å²) in [7, 11) is 2.87. The lowest BCUT2D eigenvalue weighted by atomic mass is 9.99. The van der Waals surface area contributed by atoms with E-state index in [9.17, 15) is 9.59 Å². The number of unbranched alkanes of at least 4 members (excludes halogenated alkanes) is 2. The number of hydrogen-bond acceptors (Lipinski definition) is 4. The number of carbonyl (C=O) groups excluding carboxylic acids is 2. The van der Waals surface area contributed by atoms with Crippen LogP contribution in [0.2, 0.25) is 0 Å². The molecule has 0 unspecified atom stereocenters. The van der Waals surface area contributed by atoms with E-state index in [0.717, 1.165) is 44.9 Å². The zero-order valence-electron chi connectivity index (χ0n) is 17.6. The van der Waals surface area contributed by atoms with E-state index >= 15 is 0 Å². The quantitative estimate of drug-likeness (QED) is 0.372. The molecule has 0 aromatic heterocycles. The third-order valence-corrected chi connectivity index (χ3v) is 5.10. The van der Waals surface area contributed by atoms with Crippen LogP contribution in [0.5, 0.6) is 0 Å². The number of carbonyl (C=O) groups is 2. The van der Waals surface area contributed by atoms with Gasteiger partial charge in [-0.05, 0) is 67.2 Å². The van der Waals surface area contributed by atoms with Gasteiger partial charge in [-0.2, -0.15) is 0 Å². The molecule has 0 radical (unpaired) electrons. The van der Waals surface area contributed by atoms with Gasteiger partial charge >= 0.3 is 11.9 Å². The summed E-state index contributed by atoms with van der Waals surface area (Å²) in [5, 5.41) is 0. The van der Waals surface area contributed by atoms with E-state index in [1.807, 2.05) is 0 Å². The second-order valence-electron chi connectivity index (χ2n) is 7.38. The van der Waals surface area contributed by atoms with Gasteiger partial charge in [0.25, 0.3) is 0 Å². The van der Waals surface area contributed by atoms with E-state index in [-0.39, 0.29) is 11.9 Å². The van der Waals surface area contributed by atoms with E-state index < -0.39 is 0 Å². The van der Waals surface area contributed by atoms with E-state index in [2.05, 4.69) is 58.0 Å². The van der Waals surface area contributed by atoms with Crippen molar-refractivity contribution in [3.63, 3.8) is 0 Å². The van der Waals surface area contributed by atoms with Crippen LogP contribution in [0, 0.1) is 0 Å². The molecule has 0 amide bonds. The molecule has 0 spiro atoms. The number of ether oxygens (including phenoxy) is 2. The Kier molecular flexibility index (Phi) is 9.98. The Balaban J connectivity index is 1.72. The number of rotatable bonds is 12. The highest BCUT2D eigenvalue weighted by Crippen LogP contribution is 2.15. The Morgan fingerprint density at radius 2 is 0.931 bits per heavy atom. The molecule has 2 aromatic carbocycles. The molecule has 2 aromatic rings. The first kappa shape index (κ1) is 22.7. The standard InChI is InChI=1S/C25H32O4/c1-28-24(26)9-5-3-7-20-11-15-22(16-12-20)19-23-17-13-21(14-18-23)8-4-6-10-25(27)29-2/h11-18H,3-10,19H2,1-2H3. The first-order valence-electron chi connectivity index (χ1n) is 10.4. The van der Waals surface area contributed by atoms with Crippen LogP contribution in [-0.4, -0.2) is 26.2 Å². The van der Waals surface area contributed by atoms with Crippen LogP contribution in [0.4, 0.5) is 0 Å². The molecule has 0 fully saturated rings. The van der Waals surface area contributed by atoms with E-state index in [1.165, 1.54) is 36.5 Å². The third-order valence-electron chi connectivity index (χ3n) is 5.10. The number of hydrogen-bond donors (Lipinski definition) is 0. The summed E-state index contributed by atoms with van der Waals surface area (Å²) >= 11 is 0. The smallest absolute Gasteiger partial charge is 0.305 e. The maximum absolute atomic E-state index is 11.1. The Hall–Kier alpha value is -2.62. The summed E-state index contributed by atoms with van der Waals surface area (Å²) in [5.41, 5.74) is 5.21. The van der Waals surface area contributed by atoms with Gasteiger partial charge in [0.05, 0.1) is 14.2 Å². The molecule has 156 valence electrons. The first-order chi connectivity index (χ1) is 14.1. The van der Waals surface area contributed by atoms with Gasteiger partial charge in [-0.15, -0.1) is 0 Å². The van der Waals surface area contributed by atoms with Crippen molar-refractivity contribution >= 4 is 11.9 Å². The average molecular weight is 397 g/mol. The van der Waals surface area contributed by atoms with Gasteiger partial charge in [0.2, 0.25) is 0 Å². The van der Waals surface area contributed by atoms with Gasteiger partial charge in [-0.25, -0.2) is 0 Å². The van der Waals surface area contributed by atoms with Crippen molar-refractivity contribution in [2.45, 2.75) is 57.8 Å². The number of benzene rings is 2. The monoisotopic (exact) mass is 396 g/mol. The SMILES string of the molecule is COC(=O)CCCCc1ccc(Cc2ccc(CCCCC(=O)OC)cc2)cc1. The van der Waals surface area contributed by atoms with Crippen LogP contribution in [0.25, 0.3) is 0 Å². The minimum Gasteiger partial charge on any atom is -0.469 e. The minimum atomic E-state index is -0.132. The second-order valence-corrected chi connectivity index (χ2v) is 7.38. The predicted molar refractivity (Wildman–Crippen MR) is 115 cm³/mol. The molecule has 0 heterocycles. The van der Waals surface area contributed by atoms with Gasteiger partial charge in [-0.3, -0.25) is 9.59 Å². The highest BCUT2D eigenvalue weighted by atomic mass is 16.5. The zero-order chi connectivity index (χ0) is 20.9. The molecular formula is C25H32O4. The largest absolute Gasteiger partial charge is 0.469 e. The minimum absolute atomic E-state index is 0.132. The highest BCUT2D eigenvalue weighted by Gasteiger charge is 2.03. The molecule has 29 heavy (non-hydrogen) atoms.